The average Bonchev–Trinajstić information content (AvgIpc) is 3.51. The third kappa shape index (κ3) is 6.52. The Morgan fingerprint density at radius 3 is 2.40 bits per heavy atom. The molecule has 0 saturated heterocycles. The molecule has 0 bridgehead atoms. The highest BCUT2D eigenvalue weighted by atomic mass is 35.5. The van der Waals surface area contributed by atoms with Crippen molar-refractivity contribution in [3.63, 3.8) is 0 Å². The first-order valence-corrected chi connectivity index (χ1v) is 15.3. The maximum atomic E-state index is 14.1. The monoisotopic (exact) mass is 593 g/mol. The number of fused-ring (bicyclic) bond motifs is 1. The number of para-hydroxylation sites is 1. The van der Waals surface area contributed by atoms with Gasteiger partial charge in [0.2, 0.25) is 0 Å². The average molecular weight is 594 g/mol. The fourth-order valence-corrected chi connectivity index (χ4v) is 6.35. The number of rotatable bonds is 7. The third-order valence-electron chi connectivity index (χ3n) is 8.50. The van der Waals surface area contributed by atoms with E-state index in [1.165, 1.54) is 12.8 Å². The first kappa shape index (κ1) is 29.1. The number of hydrogen-bond donors (Lipinski definition) is 1. The summed E-state index contributed by atoms with van der Waals surface area (Å²) in [6, 6.07) is 30.5. The molecule has 1 aliphatic carbocycles. The van der Waals surface area contributed by atoms with E-state index < -0.39 is 0 Å². The van der Waals surface area contributed by atoms with Gasteiger partial charge in [-0.25, -0.2) is 0 Å². The molecule has 0 spiro atoms. The van der Waals surface area contributed by atoms with Crippen LogP contribution in [0.15, 0.2) is 97.1 Å². The molecule has 0 radical (unpaired) electrons. The predicted octanol–water partition coefficient (Wildman–Crippen LogP) is 7.68. The second-order valence-electron chi connectivity index (χ2n) is 11.4. The Kier molecular flexibility index (Phi) is 8.89. The van der Waals surface area contributed by atoms with Crippen LogP contribution >= 0.6 is 11.6 Å². The van der Waals surface area contributed by atoms with Crippen molar-refractivity contribution in [3.05, 3.63) is 119 Å². The summed E-state index contributed by atoms with van der Waals surface area (Å²) in [5.74, 6) is -0.421. The SMILES string of the molecule is CN1Cc2ccccc2N(C(=O)c2ccc(NC(=O)c3ccccc3-c3ccccc3)cc2Cl)C[C@H]1COC1CCCC1. The molecule has 0 aromatic heterocycles. The van der Waals surface area contributed by atoms with E-state index >= 15 is 0 Å². The van der Waals surface area contributed by atoms with Gasteiger partial charge in [-0.2, -0.15) is 0 Å². The van der Waals surface area contributed by atoms with Gasteiger partial charge in [-0.1, -0.05) is 91.2 Å². The van der Waals surface area contributed by atoms with Crippen LogP contribution in [0.1, 0.15) is 52.0 Å². The lowest BCUT2D eigenvalue weighted by Crippen LogP contribution is -2.45. The fraction of sp³-hybridized carbons (Fsp3) is 0.278. The Morgan fingerprint density at radius 2 is 1.60 bits per heavy atom. The highest BCUT2D eigenvalue weighted by Gasteiger charge is 2.31. The van der Waals surface area contributed by atoms with Crippen molar-refractivity contribution >= 4 is 34.8 Å². The number of halogens is 1. The Morgan fingerprint density at radius 1 is 0.884 bits per heavy atom. The lowest BCUT2D eigenvalue weighted by molar-refractivity contribution is 0.0186. The van der Waals surface area contributed by atoms with Crippen LogP contribution in [0.25, 0.3) is 11.1 Å². The normalized spacial score (nSPS) is 17.3. The summed E-state index contributed by atoms with van der Waals surface area (Å²) in [7, 11) is 2.09. The van der Waals surface area contributed by atoms with Gasteiger partial charge in [0, 0.05) is 30.0 Å². The summed E-state index contributed by atoms with van der Waals surface area (Å²) >= 11 is 6.75. The topological polar surface area (TPSA) is 61.9 Å². The molecule has 4 aromatic carbocycles. The zero-order valence-corrected chi connectivity index (χ0v) is 25.1. The predicted molar refractivity (Wildman–Crippen MR) is 173 cm³/mol. The van der Waals surface area contributed by atoms with Crippen LogP contribution in [0.3, 0.4) is 0 Å². The molecule has 1 atom stereocenters. The maximum absolute atomic E-state index is 14.1. The number of likely N-dealkylation sites (N-methyl/N-ethyl adjacent to an activating group) is 1. The Balaban J connectivity index is 1.22. The summed E-state index contributed by atoms with van der Waals surface area (Å²) in [5.41, 5.74) is 5.23. The van der Waals surface area contributed by atoms with Gasteiger partial charge in [-0.05, 0) is 66.9 Å². The Hall–Kier alpha value is -3.97. The number of hydrogen-bond acceptors (Lipinski definition) is 4. The van der Waals surface area contributed by atoms with Crippen LogP contribution in [0.4, 0.5) is 11.4 Å². The van der Waals surface area contributed by atoms with E-state index in [4.69, 9.17) is 16.3 Å². The van der Waals surface area contributed by atoms with Gasteiger partial charge in [0.1, 0.15) is 0 Å². The lowest BCUT2D eigenvalue weighted by atomic mass is 9.99. The molecule has 0 unspecified atom stereocenters. The smallest absolute Gasteiger partial charge is 0.259 e. The number of carbonyl (C=O) groups is 2. The van der Waals surface area contributed by atoms with Crippen molar-refractivity contribution < 1.29 is 14.3 Å². The summed E-state index contributed by atoms with van der Waals surface area (Å²) in [4.78, 5) is 31.5. The molecule has 7 heteroatoms. The minimum Gasteiger partial charge on any atom is -0.377 e. The molecule has 1 saturated carbocycles. The van der Waals surface area contributed by atoms with E-state index in [9.17, 15) is 9.59 Å². The van der Waals surface area contributed by atoms with Gasteiger partial charge < -0.3 is 15.0 Å². The molecule has 1 N–H and O–H groups in total. The molecule has 43 heavy (non-hydrogen) atoms. The summed E-state index contributed by atoms with van der Waals surface area (Å²) < 4.78 is 6.30. The zero-order chi connectivity index (χ0) is 29.8. The highest BCUT2D eigenvalue weighted by molar-refractivity contribution is 6.35. The molecule has 1 aliphatic heterocycles. The number of carbonyl (C=O) groups excluding carboxylic acids is 2. The molecule has 6 nitrogen and oxygen atoms in total. The highest BCUT2D eigenvalue weighted by Crippen LogP contribution is 2.32. The first-order chi connectivity index (χ1) is 21.0. The Bertz CT molecular complexity index is 1600. The molecule has 1 fully saturated rings. The minimum absolute atomic E-state index is 0.0407. The van der Waals surface area contributed by atoms with Crippen LogP contribution < -0.4 is 10.2 Å². The molecule has 2 aliphatic rings. The number of ether oxygens (including phenoxy) is 1. The second kappa shape index (κ2) is 13.1. The summed E-state index contributed by atoms with van der Waals surface area (Å²) in [5, 5.41) is 3.25. The fourth-order valence-electron chi connectivity index (χ4n) is 6.09. The first-order valence-electron chi connectivity index (χ1n) is 14.9. The number of nitrogens with one attached hydrogen (secondary N) is 1. The van der Waals surface area contributed by atoms with Crippen molar-refractivity contribution in [2.75, 3.05) is 30.4 Å². The van der Waals surface area contributed by atoms with Crippen LogP contribution in [0.2, 0.25) is 5.02 Å². The quantitative estimate of drug-likeness (QED) is 0.239. The van der Waals surface area contributed by atoms with Gasteiger partial charge >= 0.3 is 0 Å². The van der Waals surface area contributed by atoms with Crippen molar-refractivity contribution in [2.45, 2.75) is 44.4 Å². The molecular weight excluding hydrogens is 558 g/mol. The van der Waals surface area contributed by atoms with Crippen LogP contribution in [0.5, 0.6) is 0 Å². The standard InChI is InChI=1S/C36H36ClN3O3/c1-39-22-26-13-5-10-18-34(26)40(23-28(39)24-43-29-14-6-7-15-29)36(42)32-20-19-27(21-33(32)37)38-35(41)31-17-9-8-16-30(31)25-11-3-2-4-12-25/h2-5,8-13,16-21,28-29H,6-7,14-15,22-24H2,1H3,(H,38,41)/t28-/m0/s1. The van der Waals surface area contributed by atoms with Crippen molar-refractivity contribution in [2.24, 2.45) is 0 Å². The Labute approximate surface area is 258 Å². The third-order valence-corrected chi connectivity index (χ3v) is 8.82. The van der Waals surface area contributed by atoms with Crippen LogP contribution in [-0.4, -0.2) is 49.1 Å². The molecule has 2 amide bonds. The molecule has 6 rings (SSSR count). The van der Waals surface area contributed by atoms with E-state index in [-0.39, 0.29) is 22.9 Å². The van der Waals surface area contributed by atoms with Gasteiger partial charge in [-0.3, -0.25) is 14.5 Å². The largest absolute Gasteiger partial charge is 0.377 e. The van der Waals surface area contributed by atoms with Gasteiger partial charge in [0.15, 0.2) is 0 Å². The summed E-state index contributed by atoms with van der Waals surface area (Å²) in [6.45, 7) is 1.79. The van der Waals surface area contributed by atoms with E-state index in [2.05, 4.69) is 23.3 Å². The molecule has 4 aromatic rings. The van der Waals surface area contributed by atoms with E-state index in [0.29, 0.717) is 36.1 Å². The van der Waals surface area contributed by atoms with E-state index in [0.717, 1.165) is 41.8 Å². The minimum atomic E-state index is -0.246. The van der Waals surface area contributed by atoms with E-state index in [1.807, 2.05) is 71.6 Å². The summed E-state index contributed by atoms with van der Waals surface area (Å²) in [6.07, 6.45) is 4.96. The van der Waals surface area contributed by atoms with Crippen molar-refractivity contribution in [1.29, 1.82) is 0 Å². The zero-order valence-electron chi connectivity index (χ0n) is 24.3. The van der Waals surface area contributed by atoms with Gasteiger partial charge in [0.25, 0.3) is 11.8 Å². The number of nitrogens with zero attached hydrogens (tertiary/aromatic N) is 2. The van der Waals surface area contributed by atoms with Crippen LogP contribution in [-0.2, 0) is 11.3 Å². The van der Waals surface area contributed by atoms with Gasteiger partial charge in [-0.15, -0.1) is 0 Å². The molecule has 1 heterocycles. The van der Waals surface area contributed by atoms with Crippen molar-refractivity contribution in [1.82, 2.24) is 4.90 Å². The van der Waals surface area contributed by atoms with Gasteiger partial charge in [0.05, 0.1) is 29.3 Å². The lowest BCUT2D eigenvalue weighted by Gasteiger charge is -2.30. The number of benzene rings is 4. The molecule has 220 valence electrons. The number of amides is 2. The number of anilines is 2. The van der Waals surface area contributed by atoms with Crippen LogP contribution in [0, 0.1) is 0 Å². The second-order valence-corrected chi connectivity index (χ2v) is 11.8. The molecular formula is C36H36ClN3O3. The maximum Gasteiger partial charge on any atom is 0.259 e. The van der Waals surface area contributed by atoms with E-state index in [1.54, 1.807) is 24.3 Å². The van der Waals surface area contributed by atoms with Crippen molar-refractivity contribution in [3.8, 4) is 11.1 Å².